The van der Waals surface area contributed by atoms with Crippen molar-refractivity contribution < 1.29 is 30.3 Å². The standard InChI is InChI=1S/C20H28O6/c1-10-5-13-18(24,14(10)22)7-12(8-21)6-17-9-19(25,16(17,3)4)15(23)11(2)20(13,17)26/h5-6,11,13,15,21,23-26H,7-9H2,1-4H3. The SMILES string of the molecule is CC1=CC2C(O)(CC(CO)=CC34CC(O)(C(O)C(C)C23O)C4(C)C)C1=O. The van der Waals surface area contributed by atoms with E-state index in [1.54, 1.807) is 39.8 Å². The van der Waals surface area contributed by atoms with E-state index in [2.05, 4.69) is 0 Å². The van der Waals surface area contributed by atoms with Gasteiger partial charge in [-0.3, -0.25) is 4.79 Å². The molecule has 3 saturated carbocycles. The fraction of sp³-hybridized carbons (Fsp3) is 0.750. The Kier molecular flexibility index (Phi) is 3.29. The van der Waals surface area contributed by atoms with Crippen molar-refractivity contribution in [2.45, 2.75) is 63.4 Å². The van der Waals surface area contributed by atoms with Crippen molar-refractivity contribution in [3.8, 4) is 0 Å². The molecule has 5 aliphatic rings. The molecule has 1 spiro atoms. The summed E-state index contributed by atoms with van der Waals surface area (Å²) >= 11 is 0. The Bertz CT molecular complexity index is 768. The van der Waals surface area contributed by atoms with Crippen LogP contribution in [0.3, 0.4) is 0 Å². The van der Waals surface area contributed by atoms with Crippen LogP contribution in [0, 0.1) is 22.7 Å². The van der Waals surface area contributed by atoms with Gasteiger partial charge >= 0.3 is 0 Å². The van der Waals surface area contributed by atoms with E-state index in [0.717, 1.165) is 0 Å². The zero-order chi connectivity index (χ0) is 19.5. The number of hydrogen-bond acceptors (Lipinski definition) is 6. The normalized spacial score (nSPS) is 54.5. The van der Waals surface area contributed by atoms with Crippen molar-refractivity contribution >= 4 is 5.78 Å². The van der Waals surface area contributed by atoms with Gasteiger partial charge < -0.3 is 25.5 Å². The van der Waals surface area contributed by atoms with Crippen molar-refractivity contribution in [2.24, 2.45) is 22.7 Å². The number of hydrogen-bond donors (Lipinski definition) is 5. The van der Waals surface area contributed by atoms with Gasteiger partial charge in [0, 0.05) is 29.1 Å². The number of carbonyl (C=O) groups is 1. The Morgan fingerprint density at radius 3 is 2.38 bits per heavy atom. The minimum atomic E-state index is -1.86. The van der Waals surface area contributed by atoms with Crippen LogP contribution >= 0.6 is 0 Å². The average molecular weight is 364 g/mol. The number of rotatable bonds is 1. The highest BCUT2D eigenvalue weighted by Crippen LogP contribution is 2.78. The van der Waals surface area contributed by atoms with Crippen LogP contribution in [0.1, 0.15) is 40.5 Å². The summed E-state index contributed by atoms with van der Waals surface area (Å²) in [4.78, 5) is 12.8. The lowest BCUT2D eigenvalue weighted by Gasteiger charge is -2.78. The number of Topliss-reactive ketones (excluding diaryl/α,β-unsaturated/α-hetero) is 1. The summed E-state index contributed by atoms with van der Waals surface area (Å²) < 4.78 is 0. The molecule has 144 valence electrons. The lowest BCUT2D eigenvalue weighted by Crippen LogP contribution is -2.87. The van der Waals surface area contributed by atoms with Crippen LogP contribution in [0.2, 0.25) is 0 Å². The molecule has 6 heteroatoms. The lowest BCUT2D eigenvalue weighted by atomic mass is 9.29. The number of fused-ring (bicyclic) bond motifs is 2. The minimum Gasteiger partial charge on any atom is -0.392 e. The third-order valence-electron chi connectivity index (χ3n) is 8.42. The first-order valence-electron chi connectivity index (χ1n) is 9.23. The molecule has 2 bridgehead atoms. The molecule has 0 aromatic carbocycles. The molecule has 5 N–H and O–H groups in total. The van der Waals surface area contributed by atoms with E-state index < -0.39 is 51.4 Å². The van der Waals surface area contributed by atoms with E-state index in [9.17, 15) is 30.3 Å². The third kappa shape index (κ3) is 1.50. The largest absolute Gasteiger partial charge is 0.392 e. The molecule has 6 nitrogen and oxygen atoms in total. The Balaban J connectivity index is 2.04. The van der Waals surface area contributed by atoms with Crippen LogP contribution in [0.15, 0.2) is 23.3 Å². The number of ketones is 1. The van der Waals surface area contributed by atoms with Gasteiger partial charge in [0.05, 0.1) is 23.9 Å². The van der Waals surface area contributed by atoms with E-state index >= 15 is 0 Å². The van der Waals surface area contributed by atoms with Crippen LogP contribution in [-0.4, -0.2) is 60.8 Å². The Morgan fingerprint density at radius 2 is 1.85 bits per heavy atom. The molecule has 0 amide bonds. The van der Waals surface area contributed by atoms with Crippen LogP contribution in [0.5, 0.6) is 0 Å². The summed E-state index contributed by atoms with van der Waals surface area (Å²) in [7, 11) is 0. The quantitative estimate of drug-likeness (QED) is 0.421. The second kappa shape index (κ2) is 4.67. The fourth-order valence-corrected chi connectivity index (χ4v) is 6.71. The molecule has 5 aliphatic carbocycles. The van der Waals surface area contributed by atoms with Crippen molar-refractivity contribution in [2.75, 3.05) is 6.61 Å². The maximum atomic E-state index is 12.8. The number of aliphatic hydroxyl groups is 5. The molecule has 0 aliphatic heterocycles. The van der Waals surface area contributed by atoms with Gasteiger partial charge in [-0.2, -0.15) is 0 Å². The van der Waals surface area contributed by atoms with Crippen molar-refractivity contribution in [3.05, 3.63) is 23.3 Å². The highest BCUT2D eigenvalue weighted by atomic mass is 16.4. The maximum absolute atomic E-state index is 12.8. The minimum absolute atomic E-state index is 0.0672. The molecule has 3 fully saturated rings. The summed E-state index contributed by atoms with van der Waals surface area (Å²) in [5.41, 5.74) is -5.89. The molecule has 0 aromatic heterocycles. The van der Waals surface area contributed by atoms with Crippen LogP contribution in [-0.2, 0) is 4.79 Å². The second-order valence-corrected chi connectivity index (χ2v) is 9.47. The van der Waals surface area contributed by atoms with E-state index in [4.69, 9.17) is 0 Å². The van der Waals surface area contributed by atoms with Crippen LogP contribution in [0.4, 0.5) is 0 Å². The first-order valence-corrected chi connectivity index (χ1v) is 9.23. The smallest absolute Gasteiger partial charge is 0.190 e. The summed E-state index contributed by atoms with van der Waals surface area (Å²) in [6.07, 6.45) is 2.23. The summed E-state index contributed by atoms with van der Waals surface area (Å²) in [5, 5.41) is 55.3. The number of aliphatic hydroxyl groups excluding tert-OH is 2. The van der Waals surface area contributed by atoms with Gasteiger partial charge in [-0.15, -0.1) is 0 Å². The number of carbonyl (C=O) groups excluding carboxylic acids is 1. The zero-order valence-electron chi connectivity index (χ0n) is 15.7. The Labute approximate surface area is 152 Å². The molecule has 0 heterocycles. The monoisotopic (exact) mass is 364 g/mol. The first kappa shape index (κ1) is 18.3. The molecule has 7 atom stereocenters. The van der Waals surface area contributed by atoms with E-state index in [1.165, 1.54) is 0 Å². The van der Waals surface area contributed by atoms with Gasteiger partial charge in [0.25, 0.3) is 0 Å². The average Bonchev–Trinajstić information content (AvgIpc) is 2.75. The van der Waals surface area contributed by atoms with E-state index in [-0.39, 0.29) is 19.4 Å². The summed E-state index contributed by atoms with van der Waals surface area (Å²) in [6.45, 7) is 6.51. The summed E-state index contributed by atoms with van der Waals surface area (Å²) in [6, 6.07) is 0. The topological polar surface area (TPSA) is 118 Å². The first-order chi connectivity index (χ1) is 11.8. The van der Waals surface area contributed by atoms with Gasteiger partial charge in [0.15, 0.2) is 5.78 Å². The molecule has 5 rings (SSSR count). The zero-order valence-corrected chi connectivity index (χ0v) is 15.7. The second-order valence-electron chi connectivity index (χ2n) is 9.47. The molecular formula is C20H28O6. The van der Waals surface area contributed by atoms with E-state index in [0.29, 0.717) is 11.1 Å². The predicted molar refractivity (Wildman–Crippen MR) is 92.9 cm³/mol. The molecule has 0 radical (unpaired) electrons. The highest BCUT2D eigenvalue weighted by molar-refractivity contribution is 6.05. The van der Waals surface area contributed by atoms with E-state index in [1.807, 2.05) is 0 Å². The van der Waals surface area contributed by atoms with Gasteiger partial charge in [-0.25, -0.2) is 0 Å². The van der Waals surface area contributed by atoms with Gasteiger partial charge in [-0.05, 0) is 24.5 Å². The van der Waals surface area contributed by atoms with Gasteiger partial charge in [0.1, 0.15) is 5.60 Å². The Hall–Kier alpha value is -1.05. The van der Waals surface area contributed by atoms with Crippen molar-refractivity contribution in [1.82, 2.24) is 0 Å². The third-order valence-corrected chi connectivity index (χ3v) is 8.42. The summed E-state index contributed by atoms with van der Waals surface area (Å²) in [5.74, 6) is -2.14. The van der Waals surface area contributed by atoms with Crippen LogP contribution < -0.4 is 0 Å². The van der Waals surface area contributed by atoms with Crippen molar-refractivity contribution in [1.29, 1.82) is 0 Å². The van der Waals surface area contributed by atoms with Crippen molar-refractivity contribution in [3.63, 3.8) is 0 Å². The molecular weight excluding hydrogens is 336 g/mol. The van der Waals surface area contributed by atoms with Gasteiger partial charge in [0.2, 0.25) is 0 Å². The predicted octanol–water partition coefficient (Wildman–Crippen LogP) is 0.0742. The lowest BCUT2D eigenvalue weighted by molar-refractivity contribution is -0.396. The molecule has 7 unspecified atom stereocenters. The van der Waals surface area contributed by atoms with Crippen LogP contribution in [0.25, 0.3) is 0 Å². The maximum Gasteiger partial charge on any atom is 0.190 e. The molecule has 0 saturated heterocycles. The Morgan fingerprint density at radius 1 is 1.23 bits per heavy atom. The fourth-order valence-electron chi connectivity index (χ4n) is 6.71. The highest BCUT2D eigenvalue weighted by Gasteiger charge is 2.85. The molecule has 26 heavy (non-hydrogen) atoms. The van der Waals surface area contributed by atoms with Gasteiger partial charge in [-0.1, -0.05) is 32.9 Å². The molecule has 0 aromatic rings.